The number of carbonyl (C=O) groups excluding carboxylic acids is 13. The highest BCUT2D eigenvalue weighted by molar-refractivity contribution is 6.13. The number of benzene rings is 2. The van der Waals surface area contributed by atoms with Gasteiger partial charge in [0.15, 0.2) is 23.0 Å². The summed E-state index contributed by atoms with van der Waals surface area (Å²) in [6.45, 7) is 12.8. The lowest BCUT2D eigenvalue weighted by atomic mass is 9.81. The number of esters is 2. The molecule has 2 aromatic carbocycles. The predicted molar refractivity (Wildman–Crippen MR) is 372 cm³/mol. The van der Waals surface area contributed by atoms with Crippen molar-refractivity contribution in [3.63, 3.8) is 0 Å². The Hall–Kier alpha value is -9.86. The van der Waals surface area contributed by atoms with E-state index in [1.165, 1.54) is 22.8 Å². The van der Waals surface area contributed by atoms with Crippen LogP contribution in [0.5, 0.6) is 0 Å². The lowest BCUT2D eigenvalue weighted by Crippen LogP contribution is -2.44. The van der Waals surface area contributed by atoms with Crippen LogP contribution in [-0.4, -0.2) is 146 Å². The van der Waals surface area contributed by atoms with E-state index in [1.807, 2.05) is 0 Å². The van der Waals surface area contributed by atoms with Crippen molar-refractivity contribution in [2.24, 2.45) is 5.92 Å². The Kier molecular flexibility index (Phi) is 26.7. The Morgan fingerprint density at radius 2 is 1.39 bits per heavy atom. The van der Waals surface area contributed by atoms with E-state index in [2.05, 4.69) is 31.9 Å². The summed E-state index contributed by atoms with van der Waals surface area (Å²) >= 11 is 0. The number of carbonyl (C=O) groups is 13. The topological polar surface area (TPSA) is 380 Å². The molecule has 0 saturated carbocycles. The second-order valence-electron chi connectivity index (χ2n) is 28.6. The monoisotopic (exact) mass is 1430 g/mol. The molecule has 0 fully saturated rings. The van der Waals surface area contributed by atoms with Gasteiger partial charge in [0, 0.05) is 99.3 Å². The maximum atomic E-state index is 15.5. The van der Waals surface area contributed by atoms with Gasteiger partial charge < -0.3 is 55.8 Å². The summed E-state index contributed by atoms with van der Waals surface area (Å²) in [5, 5.41) is 28.6. The normalized spacial score (nSPS) is 16.7. The third kappa shape index (κ3) is 21.2. The van der Waals surface area contributed by atoms with Gasteiger partial charge in [-0.1, -0.05) is 43.7 Å². The van der Waals surface area contributed by atoms with Crippen LogP contribution in [0, 0.1) is 18.7 Å². The largest absolute Gasteiger partial charge is 0.460 e. The Balaban J connectivity index is 0.821. The van der Waals surface area contributed by atoms with Gasteiger partial charge in [-0.15, -0.1) is 0 Å². The number of aromatic nitrogens is 2. The molecule has 28 heteroatoms. The number of fused-ring (bicyclic) bond motifs is 5. The first-order valence-corrected chi connectivity index (χ1v) is 35.3. The molecule has 4 aromatic rings. The number of unbranched alkanes of at least 4 members (excludes halogenated alkanes) is 3. The van der Waals surface area contributed by atoms with Crippen LogP contribution in [-0.2, 0) is 103 Å². The number of cyclic esters (lactones) is 1. The molecule has 3 aliphatic heterocycles. The minimum Gasteiger partial charge on any atom is -0.460 e. The lowest BCUT2D eigenvalue weighted by Gasteiger charge is -2.31. The van der Waals surface area contributed by atoms with Crippen molar-refractivity contribution >= 4 is 87.6 Å². The molecule has 2 aromatic heterocycles. The van der Waals surface area contributed by atoms with Crippen molar-refractivity contribution in [2.75, 3.05) is 26.2 Å². The Bertz CT molecular complexity index is 4040. The number of hydrogen-bond donors (Lipinski definition) is 7. The molecule has 27 nitrogen and oxygen atoms in total. The van der Waals surface area contributed by atoms with E-state index in [0.717, 1.165) is 10.5 Å². The van der Waals surface area contributed by atoms with Crippen molar-refractivity contribution in [1.82, 2.24) is 46.4 Å². The molecule has 554 valence electrons. The molecule has 7 N–H and O–H groups in total. The Morgan fingerprint density at radius 3 is 2.09 bits per heavy atom. The summed E-state index contributed by atoms with van der Waals surface area (Å²) in [6.07, 6.45) is 2.29. The Labute approximate surface area is 596 Å². The molecule has 0 bridgehead atoms. The molecule has 1 aliphatic carbocycles. The number of rotatable bonds is 36. The fourth-order valence-electron chi connectivity index (χ4n) is 13.1. The van der Waals surface area contributed by atoms with Gasteiger partial charge >= 0.3 is 18.0 Å². The quantitative estimate of drug-likeness (QED) is 0.0104. The maximum absolute atomic E-state index is 15.5. The van der Waals surface area contributed by atoms with Crippen molar-refractivity contribution in [1.29, 1.82) is 0 Å². The minimum absolute atomic E-state index is 0.0136. The Morgan fingerprint density at radius 1 is 0.718 bits per heavy atom. The molecule has 0 spiro atoms. The number of pyridine rings is 2. The van der Waals surface area contributed by atoms with Gasteiger partial charge in [-0.2, -0.15) is 0 Å². The highest BCUT2D eigenvalue weighted by Gasteiger charge is 2.46. The fraction of sp³-hybridized carbons (Fsp3) is 0.533. The number of alkyl carbamates (subject to hydrolysis) is 1. The number of Topliss-reactive ketones (excluding diaryl/α,β-unsaturated/α-hetero) is 3. The van der Waals surface area contributed by atoms with E-state index in [0.29, 0.717) is 89.5 Å². The maximum Gasteiger partial charge on any atom is 0.407 e. The van der Waals surface area contributed by atoms with E-state index in [9.17, 15) is 72.2 Å². The molecule has 5 heterocycles. The van der Waals surface area contributed by atoms with E-state index < -0.39 is 155 Å². The molecule has 0 unspecified atom stereocenters. The predicted octanol–water partition coefficient (Wildman–Crippen LogP) is 6.04. The summed E-state index contributed by atoms with van der Waals surface area (Å²) in [6, 6.07) is 8.86. The van der Waals surface area contributed by atoms with Crippen LogP contribution in [0.4, 0.5) is 9.18 Å². The van der Waals surface area contributed by atoms with Crippen LogP contribution in [0.1, 0.15) is 203 Å². The lowest BCUT2D eigenvalue weighted by molar-refractivity contribution is -0.172. The van der Waals surface area contributed by atoms with Gasteiger partial charge in [-0.3, -0.25) is 62.4 Å². The average Bonchev–Trinajstić information content (AvgIpc) is 1.61. The molecular weight excluding hydrogens is 1330 g/mol. The summed E-state index contributed by atoms with van der Waals surface area (Å²) in [4.78, 5) is 191. The zero-order valence-electron chi connectivity index (χ0n) is 59.8. The number of ketones is 3. The molecular formula is C75H94FN9O18. The van der Waals surface area contributed by atoms with E-state index in [4.69, 9.17) is 19.2 Å². The molecule has 4 aliphatic rings. The van der Waals surface area contributed by atoms with Crippen LogP contribution in [0.2, 0.25) is 0 Å². The number of imide groups is 1. The van der Waals surface area contributed by atoms with Crippen LogP contribution < -0.4 is 37.5 Å². The number of aryl methyl sites for hydroxylation is 1. The number of nitrogens with one attached hydrogen (secondary N) is 6. The first-order valence-electron chi connectivity index (χ1n) is 35.3. The second kappa shape index (κ2) is 34.9. The van der Waals surface area contributed by atoms with Crippen molar-refractivity contribution in [3.05, 3.63) is 110 Å². The van der Waals surface area contributed by atoms with Crippen LogP contribution >= 0.6 is 0 Å². The summed E-state index contributed by atoms with van der Waals surface area (Å²) in [5.74, 6) is -8.89. The third-order valence-corrected chi connectivity index (χ3v) is 18.5. The van der Waals surface area contributed by atoms with Gasteiger partial charge in [-0.25, -0.2) is 19.0 Å². The van der Waals surface area contributed by atoms with Crippen LogP contribution in [0.3, 0.4) is 0 Å². The molecule has 5 atom stereocenters. The number of aliphatic hydroxyl groups is 1. The van der Waals surface area contributed by atoms with Gasteiger partial charge in [-0.05, 0) is 141 Å². The highest BCUT2D eigenvalue weighted by Crippen LogP contribution is 2.46. The highest BCUT2D eigenvalue weighted by atomic mass is 19.1. The number of nitrogens with zero attached hydrogens (tertiary/aromatic N) is 3. The first-order chi connectivity index (χ1) is 48.7. The van der Waals surface area contributed by atoms with E-state index >= 15 is 4.39 Å². The molecule has 0 saturated heterocycles. The van der Waals surface area contributed by atoms with Gasteiger partial charge in [0.1, 0.15) is 23.6 Å². The number of ether oxygens (including phenoxy) is 3. The zero-order valence-corrected chi connectivity index (χ0v) is 59.8. The van der Waals surface area contributed by atoms with Crippen LogP contribution in [0.15, 0.2) is 59.4 Å². The first kappa shape index (κ1) is 78.9. The third-order valence-electron chi connectivity index (χ3n) is 18.5. The molecule has 8 rings (SSSR count). The van der Waals surface area contributed by atoms with Crippen LogP contribution in [0.25, 0.3) is 22.3 Å². The van der Waals surface area contributed by atoms with Crippen molar-refractivity contribution < 1.29 is 86.0 Å². The smallest absolute Gasteiger partial charge is 0.407 e. The zero-order chi connectivity index (χ0) is 75.1. The molecule has 103 heavy (non-hydrogen) atoms. The number of hydrogen-bond acceptors (Lipinski definition) is 19. The summed E-state index contributed by atoms with van der Waals surface area (Å²) in [7, 11) is 0. The minimum atomic E-state index is -2.06. The van der Waals surface area contributed by atoms with Crippen molar-refractivity contribution in [2.45, 2.75) is 225 Å². The van der Waals surface area contributed by atoms with E-state index in [1.54, 1.807) is 91.8 Å². The average molecular weight is 1430 g/mol. The van der Waals surface area contributed by atoms with Gasteiger partial charge in [0.2, 0.25) is 29.5 Å². The molecule has 0 radical (unpaired) electrons. The van der Waals surface area contributed by atoms with Gasteiger partial charge in [0.25, 0.3) is 17.4 Å². The second-order valence-corrected chi connectivity index (χ2v) is 28.6. The SMILES string of the molecule is CC[C@@]1(O)C(=O)OCc2c1cc1n(c2=O)Cc2c-1nc1cc(F)c(C)c3c1c2[C@@H](NC(=O)CCCNC(=O)CCC(=O)[C@H](Cc1ccccc1)NC(=O)CCC(=O)CNC(=O)[C@H](CC(=O)OC(C)(C)C)CC(=O)[C@H](CCCCNC(=O)OC(C)(C)C)NC(=O)CCCCCN1C(=O)C=CC1=O)CC3. The standard InChI is InChI=1S/C75H94FN9O18/c1-9-75(100)50-38-56-68-48(41-85(56)70(97)49(50)42-101-71(75)98)67-53(26-25-47-43(2)51(76)39-55(83-68)66(47)67)81-61(91)23-18-33-77-59(89)29-27-57(87)54(35-44-19-12-10-13-20-44)82-62(92)28-24-46(86)40-79-69(96)45(37-65(95)102-73(3,4)5)36-58(88)52(21-15-16-32-78-72(99)103-74(6,7)8)80-60(90)22-14-11-17-34-84-63(93)30-31-64(84)94/h10,12-13,19-20,30-31,38-39,45,52-54,100H,9,11,14-18,21-29,32-37,40-42H2,1-8H3,(H,77,89)(H,78,99)(H,79,96)(H,80,90)(H,81,91)(H,82,92)/t45-,52-,53-,54-,75-/m0/s1. The van der Waals surface area contributed by atoms with E-state index in [-0.39, 0.29) is 101 Å². The summed E-state index contributed by atoms with van der Waals surface area (Å²) in [5.41, 5.74) is 0.235. The summed E-state index contributed by atoms with van der Waals surface area (Å²) < 4.78 is 33.0. The van der Waals surface area contributed by atoms with Gasteiger partial charge in [0.05, 0.1) is 66.0 Å². The fourth-order valence-corrected chi connectivity index (χ4v) is 13.1. The number of amides is 8. The number of halogens is 1. The van der Waals surface area contributed by atoms with Crippen molar-refractivity contribution in [3.8, 4) is 11.4 Å². The molecule has 8 amide bonds.